The van der Waals surface area contributed by atoms with Crippen LogP contribution in [0.25, 0.3) is 0 Å². The van der Waals surface area contributed by atoms with Gasteiger partial charge in [0.1, 0.15) is 5.75 Å². The second-order valence-electron chi connectivity index (χ2n) is 7.68. The van der Waals surface area contributed by atoms with Gasteiger partial charge in [-0.3, -0.25) is 4.79 Å². The van der Waals surface area contributed by atoms with E-state index >= 15 is 0 Å². The molecule has 1 amide bonds. The van der Waals surface area contributed by atoms with Crippen LogP contribution in [-0.4, -0.2) is 77.8 Å². The summed E-state index contributed by atoms with van der Waals surface area (Å²) in [7, 11) is -3.33. The summed E-state index contributed by atoms with van der Waals surface area (Å²) in [6, 6.07) is 0. The molecule has 1 unspecified atom stereocenters. The van der Waals surface area contributed by atoms with E-state index in [1.54, 1.807) is 4.90 Å². The molecule has 1 fully saturated rings. The average Bonchev–Trinajstić information content (AvgIpc) is 3.36. The maximum atomic E-state index is 12.3. The Morgan fingerprint density at radius 3 is 2.42 bits per heavy atom. The number of ether oxygens (including phenoxy) is 1. The molecule has 0 radical (unpaired) electrons. The number of fused-ring (bicyclic) bond motifs is 1. The summed E-state index contributed by atoms with van der Waals surface area (Å²) in [5, 5.41) is 7.12. The fraction of sp³-hybridized carbons (Fsp3) is 0.722. The number of halogens is 3. The van der Waals surface area contributed by atoms with Crippen molar-refractivity contribution < 1.29 is 41.0 Å². The normalized spacial score (nSPS) is 18.7. The Bertz CT molecular complexity index is 896. The summed E-state index contributed by atoms with van der Waals surface area (Å²) in [4.78, 5) is 27.3. The number of carbonyl (C=O) groups excluding carboxylic acids is 1. The van der Waals surface area contributed by atoms with Crippen molar-refractivity contribution in [3.63, 3.8) is 0 Å². The van der Waals surface area contributed by atoms with Crippen LogP contribution in [0, 0.1) is 5.92 Å². The minimum absolute atomic E-state index is 0.0402. The quantitative estimate of drug-likeness (QED) is 0.642. The molecule has 31 heavy (non-hydrogen) atoms. The highest BCUT2D eigenvalue weighted by atomic mass is 32.2. The number of aliphatic carboxylic acids is 1. The van der Waals surface area contributed by atoms with Gasteiger partial charge in [0.25, 0.3) is 0 Å². The lowest BCUT2D eigenvalue weighted by Gasteiger charge is -2.33. The van der Waals surface area contributed by atoms with Gasteiger partial charge in [0.05, 0.1) is 25.2 Å². The highest BCUT2D eigenvalue weighted by molar-refractivity contribution is 7.91. The number of nitrogens with zero attached hydrogens (tertiary/aromatic N) is 3. The predicted molar refractivity (Wildman–Crippen MR) is 103 cm³/mol. The van der Waals surface area contributed by atoms with Gasteiger partial charge in [0, 0.05) is 37.6 Å². The number of imidazole rings is 1. The van der Waals surface area contributed by atoms with E-state index in [-0.39, 0.29) is 11.8 Å². The van der Waals surface area contributed by atoms with Crippen LogP contribution in [0.5, 0.6) is 0 Å². The Kier molecular flexibility index (Phi) is 8.09. The third kappa shape index (κ3) is 7.80. The molecule has 0 spiro atoms. The lowest BCUT2D eigenvalue weighted by Crippen LogP contribution is -2.42. The average molecular weight is 469 g/mol. The number of aromatic nitrogens is 2. The second-order valence-corrected chi connectivity index (χ2v) is 9.82. The van der Waals surface area contributed by atoms with Crippen molar-refractivity contribution in [3.05, 3.63) is 17.7 Å². The van der Waals surface area contributed by atoms with Gasteiger partial charge in [-0.15, -0.1) is 0 Å². The van der Waals surface area contributed by atoms with Crippen molar-refractivity contribution in [1.82, 2.24) is 14.5 Å². The van der Waals surface area contributed by atoms with Crippen LogP contribution in [0.2, 0.25) is 0 Å². The molecule has 0 saturated heterocycles. The smallest absolute Gasteiger partial charge is 0.475 e. The topological polar surface area (TPSA) is 119 Å². The molecule has 1 atom stereocenters. The van der Waals surface area contributed by atoms with Gasteiger partial charge in [0.15, 0.2) is 9.84 Å². The Morgan fingerprint density at radius 1 is 1.32 bits per heavy atom. The highest BCUT2D eigenvalue weighted by Crippen LogP contribution is 2.34. The number of rotatable bonds is 7. The minimum atomic E-state index is -5.08. The number of carbonyl (C=O) groups is 2. The van der Waals surface area contributed by atoms with E-state index in [2.05, 4.69) is 9.55 Å². The summed E-state index contributed by atoms with van der Waals surface area (Å²) in [5.74, 6) is -2.79. The van der Waals surface area contributed by atoms with Gasteiger partial charge in [-0.2, -0.15) is 13.2 Å². The van der Waals surface area contributed by atoms with Gasteiger partial charge in [0.2, 0.25) is 5.91 Å². The van der Waals surface area contributed by atoms with Crippen LogP contribution in [0.3, 0.4) is 0 Å². The maximum absolute atomic E-state index is 12.3. The van der Waals surface area contributed by atoms with E-state index in [1.165, 1.54) is 12.8 Å². The molecular weight excluding hydrogens is 443 g/mol. The number of hydrogen-bond donors (Lipinski definition) is 1. The highest BCUT2D eigenvalue weighted by Gasteiger charge is 2.38. The third-order valence-corrected chi connectivity index (χ3v) is 5.55. The fourth-order valence-electron chi connectivity index (χ4n) is 3.24. The van der Waals surface area contributed by atoms with E-state index in [0.29, 0.717) is 26.3 Å². The number of alkyl halides is 3. The van der Waals surface area contributed by atoms with Crippen molar-refractivity contribution in [1.29, 1.82) is 0 Å². The second kappa shape index (κ2) is 9.98. The predicted octanol–water partition coefficient (Wildman–Crippen LogP) is 1.43. The lowest BCUT2D eigenvalue weighted by atomic mass is 9.98. The molecule has 9 nitrogen and oxygen atoms in total. The molecule has 0 aromatic carbocycles. The summed E-state index contributed by atoms with van der Waals surface area (Å²) < 4.78 is 62.4. The SMILES string of the molecule is CCOCC1CN(C(=O)CS(C)(=O)=O)Cc2ncn(CC3CC3)c21.O=C(O)C(F)(F)F. The zero-order valence-corrected chi connectivity index (χ0v) is 18.1. The van der Waals surface area contributed by atoms with Crippen LogP contribution in [0.4, 0.5) is 13.2 Å². The molecule has 13 heteroatoms. The minimum Gasteiger partial charge on any atom is -0.475 e. The Morgan fingerprint density at radius 2 is 1.94 bits per heavy atom. The molecule has 2 aliphatic rings. The standard InChI is InChI=1S/C16H25N3O4S.C2HF3O2/c1-3-23-9-13-7-18(15(20)10-24(2,21)22)8-14-16(13)19(11-17-14)6-12-4-5-12;3-2(4,5)1(6)7/h11-13H,3-10H2,1-2H3;(H,6,7). The maximum Gasteiger partial charge on any atom is 0.490 e. The van der Waals surface area contributed by atoms with Crippen LogP contribution in [-0.2, 0) is 37.3 Å². The van der Waals surface area contributed by atoms with Gasteiger partial charge < -0.3 is 19.3 Å². The zero-order valence-electron chi connectivity index (χ0n) is 17.3. The first-order valence-corrected chi connectivity index (χ1v) is 11.7. The number of hydrogen-bond acceptors (Lipinski definition) is 6. The molecule has 0 bridgehead atoms. The van der Waals surface area contributed by atoms with Gasteiger partial charge in [-0.05, 0) is 25.7 Å². The van der Waals surface area contributed by atoms with E-state index < -0.39 is 27.7 Å². The largest absolute Gasteiger partial charge is 0.490 e. The molecular formula is C18H26F3N3O6S. The summed E-state index contributed by atoms with van der Waals surface area (Å²) >= 11 is 0. The lowest BCUT2D eigenvalue weighted by molar-refractivity contribution is -0.192. The van der Waals surface area contributed by atoms with Crippen molar-refractivity contribution in [3.8, 4) is 0 Å². The fourth-order valence-corrected chi connectivity index (χ4v) is 3.88. The molecule has 2 heterocycles. The van der Waals surface area contributed by atoms with Crippen molar-refractivity contribution in [2.45, 2.75) is 44.9 Å². The molecule has 1 saturated carbocycles. The first kappa shape index (κ1) is 25.1. The summed E-state index contributed by atoms with van der Waals surface area (Å²) in [6.45, 7) is 4.91. The van der Waals surface area contributed by atoms with Gasteiger partial charge in [-0.1, -0.05) is 0 Å². The number of carboxylic acid groups (broad SMARTS) is 1. The third-order valence-electron chi connectivity index (χ3n) is 4.78. The summed E-state index contributed by atoms with van der Waals surface area (Å²) in [6.07, 6.45) is 0.388. The Hall–Kier alpha value is -2.15. The molecule has 3 rings (SSSR count). The molecule has 1 N–H and O–H groups in total. The molecule has 1 aliphatic carbocycles. The van der Waals surface area contributed by atoms with Crippen molar-refractivity contribution in [2.75, 3.05) is 31.8 Å². The molecule has 1 aromatic rings. The van der Waals surface area contributed by atoms with Crippen molar-refractivity contribution in [2.24, 2.45) is 5.92 Å². The molecule has 176 valence electrons. The van der Waals surface area contributed by atoms with E-state index in [9.17, 15) is 26.4 Å². The molecule has 1 aromatic heterocycles. The van der Waals surface area contributed by atoms with Gasteiger partial charge >= 0.3 is 12.1 Å². The number of amides is 1. The zero-order chi connectivity index (χ0) is 23.4. The van der Waals surface area contributed by atoms with Crippen LogP contribution in [0.1, 0.15) is 37.1 Å². The van der Waals surface area contributed by atoms with E-state index in [4.69, 9.17) is 14.6 Å². The van der Waals surface area contributed by atoms with Crippen LogP contribution >= 0.6 is 0 Å². The van der Waals surface area contributed by atoms with E-state index in [0.717, 1.165) is 30.1 Å². The van der Waals surface area contributed by atoms with E-state index in [1.807, 2.05) is 13.3 Å². The Balaban J connectivity index is 0.000000423. The van der Waals surface area contributed by atoms with Gasteiger partial charge in [-0.25, -0.2) is 18.2 Å². The number of sulfone groups is 1. The van der Waals surface area contributed by atoms with Crippen LogP contribution < -0.4 is 0 Å². The van der Waals surface area contributed by atoms with Crippen molar-refractivity contribution >= 4 is 21.7 Å². The number of carboxylic acids is 1. The van der Waals surface area contributed by atoms with Crippen LogP contribution in [0.15, 0.2) is 6.33 Å². The molecule has 1 aliphatic heterocycles. The monoisotopic (exact) mass is 469 g/mol. The summed E-state index contributed by atoms with van der Waals surface area (Å²) in [5.41, 5.74) is 2.02. The first-order chi connectivity index (χ1) is 14.3. The first-order valence-electron chi connectivity index (χ1n) is 9.69. The Labute approximate surface area is 178 Å².